The van der Waals surface area contributed by atoms with E-state index in [2.05, 4.69) is 15.6 Å². The lowest BCUT2D eigenvalue weighted by Crippen LogP contribution is -2.40. The van der Waals surface area contributed by atoms with Crippen molar-refractivity contribution >= 4 is 24.2 Å². The minimum Gasteiger partial charge on any atom is -0.381 e. The van der Waals surface area contributed by atoms with Gasteiger partial charge in [-0.2, -0.15) is 0 Å². The Morgan fingerprint density at radius 3 is 2.53 bits per heavy atom. The molecule has 106 valence electrons. The molecule has 19 heavy (non-hydrogen) atoms. The summed E-state index contributed by atoms with van der Waals surface area (Å²) in [5, 5.41) is 5.48. The molecule has 0 aromatic rings. The second kappa shape index (κ2) is 9.99. The van der Waals surface area contributed by atoms with Crippen LogP contribution in [0.4, 0.5) is 0 Å². The van der Waals surface area contributed by atoms with Crippen LogP contribution in [-0.2, 0) is 14.4 Å². The first-order valence-corrected chi connectivity index (χ1v) is 6.17. The summed E-state index contributed by atoms with van der Waals surface area (Å²) in [6.07, 6.45) is 3.50. The summed E-state index contributed by atoms with van der Waals surface area (Å²) in [5.41, 5.74) is 1.05. The average molecular weight is 267 g/mol. The van der Waals surface area contributed by atoms with Crippen molar-refractivity contribution in [2.75, 3.05) is 13.6 Å². The highest BCUT2D eigenvalue weighted by molar-refractivity contribution is 6.03. The van der Waals surface area contributed by atoms with Gasteiger partial charge < -0.3 is 20.2 Å². The number of hydrogen-bond donors (Lipinski definition) is 2. The second-order valence-electron chi connectivity index (χ2n) is 3.91. The van der Waals surface area contributed by atoms with E-state index < -0.39 is 6.04 Å². The van der Waals surface area contributed by atoms with Gasteiger partial charge in [-0.15, -0.1) is 0 Å². The third-order valence-corrected chi connectivity index (χ3v) is 2.39. The Labute approximate surface area is 113 Å². The summed E-state index contributed by atoms with van der Waals surface area (Å²) >= 11 is 0. The van der Waals surface area contributed by atoms with Crippen molar-refractivity contribution in [1.29, 1.82) is 0 Å². The molecule has 0 aromatic heterocycles. The maximum absolute atomic E-state index is 12.0. The maximum atomic E-state index is 12.0. The van der Waals surface area contributed by atoms with Crippen LogP contribution in [0.1, 0.15) is 26.7 Å². The number of carbonyl (C=O) groups is 3. The molecule has 1 amide bonds. The van der Waals surface area contributed by atoms with Crippen LogP contribution in [-0.4, -0.2) is 43.8 Å². The van der Waals surface area contributed by atoms with Crippen LogP contribution in [0.5, 0.6) is 0 Å². The Hall–Kier alpha value is -1.98. The highest BCUT2D eigenvalue weighted by atomic mass is 16.2. The van der Waals surface area contributed by atoms with Gasteiger partial charge in [-0.3, -0.25) is 9.79 Å². The summed E-state index contributed by atoms with van der Waals surface area (Å²) in [7, 11) is 1.63. The topological polar surface area (TPSA) is 87.6 Å². The molecule has 0 aliphatic rings. The van der Waals surface area contributed by atoms with Crippen LogP contribution in [0.15, 0.2) is 16.8 Å². The molecule has 0 heterocycles. The lowest BCUT2D eigenvalue weighted by atomic mass is 10.2. The van der Waals surface area contributed by atoms with Crippen LogP contribution in [0, 0.1) is 0 Å². The van der Waals surface area contributed by atoms with Crippen molar-refractivity contribution in [2.45, 2.75) is 32.7 Å². The van der Waals surface area contributed by atoms with Crippen molar-refractivity contribution < 1.29 is 14.4 Å². The predicted octanol–water partition coefficient (Wildman–Crippen LogP) is 0.233. The number of likely N-dealkylation sites (N-methyl/N-ethyl adjacent to an activating group) is 1. The monoisotopic (exact) mass is 267 g/mol. The number of nitrogens with one attached hydrogen (secondary N) is 2. The van der Waals surface area contributed by atoms with Gasteiger partial charge in [0.25, 0.3) is 5.91 Å². The van der Waals surface area contributed by atoms with Gasteiger partial charge in [0.2, 0.25) is 0 Å². The largest absolute Gasteiger partial charge is 0.381 e. The number of rotatable bonds is 9. The third kappa shape index (κ3) is 7.13. The molecular weight excluding hydrogens is 246 g/mol. The van der Waals surface area contributed by atoms with Crippen LogP contribution >= 0.6 is 0 Å². The Balaban J connectivity index is 4.75. The van der Waals surface area contributed by atoms with Gasteiger partial charge in [-0.05, 0) is 26.3 Å². The molecule has 0 unspecified atom stereocenters. The van der Waals surface area contributed by atoms with E-state index in [4.69, 9.17) is 0 Å². The fraction of sp³-hybridized carbons (Fsp3) is 0.538. The molecule has 1 atom stereocenters. The highest BCUT2D eigenvalue weighted by Crippen LogP contribution is 1.97. The van der Waals surface area contributed by atoms with Crippen molar-refractivity contribution in [3.63, 3.8) is 0 Å². The predicted molar refractivity (Wildman–Crippen MR) is 74.1 cm³/mol. The Kier molecular flexibility index (Phi) is 8.95. The van der Waals surface area contributed by atoms with Gasteiger partial charge in [0.05, 0.1) is 6.04 Å². The molecule has 6 nitrogen and oxygen atoms in total. The van der Waals surface area contributed by atoms with E-state index in [1.165, 1.54) is 0 Å². The van der Waals surface area contributed by atoms with Gasteiger partial charge in [-0.1, -0.05) is 0 Å². The molecule has 0 aliphatic carbocycles. The van der Waals surface area contributed by atoms with E-state index in [9.17, 15) is 14.4 Å². The molecule has 0 saturated heterocycles. The molecule has 0 fully saturated rings. The Bertz CT molecular complexity index is 375. The zero-order valence-corrected chi connectivity index (χ0v) is 11.6. The fourth-order valence-corrected chi connectivity index (χ4v) is 1.33. The number of amides is 1. The van der Waals surface area contributed by atoms with Crippen molar-refractivity contribution in [1.82, 2.24) is 10.6 Å². The van der Waals surface area contributed by atoms with E-state index in [-0.39, 0.29) is 12.3 Å². The van der Waals surface area contributed by atoms with Gasteiger partial charge in [0.1, 0.15) is 18.3 Å². The van der Waals surface area contributed by atoms with Gasteiger partial charge >= 0.3 is 0 Å². The lowest BCUT2D eigenvalue weighted by molar-refractivity contribution is -0.121. The van der Waals surface area contributed by atoms with Crippen LogP contribution < -0.4 is 10.6 Å². The maximum Gasteiger partial charge on any atom is 0.267 e. The number of carbonyl (C=O) groups excluding carboxylic acids is 3. The van der Waals surface area contributed by atoms with Crippen LogP contribution in [0.2, 0.25) is 0 Å². The first-order chi connectivity index (χ1) is 9.08. The molecule has 0 radical (unpaired) electrons. The van der Waals surface area contributed by atoms with E-state index >= 15 is 0 Å². The second-order valence-corrected chi connectivity index (χ2v) is 3.91. The summed E-state index contributed by atoms with van der Waals surface area (Å²) in [5.74, 6) is -0.382. The number of allylic oxidation sites excluding steroid dienone is 1. The summed E-state index contributed by atoms with van der Waals surface area (Å²) in [6, 6.07) is -0.654. The minimum absolute atomic E-state index is 0.236. The molecule has 6 heteroatoms. The van der Waals surface area contributed by atoms with Gasteiger partial charge in [-0.25, -0.2) is 0 Å². The number of nitrogens with zero attached hydrogens (tertiary/aromatic N) is 1. The van der Waals surface area contributed by atoms with Gasteiger partial charge in [0, 0.05) is 25.7 Å². The van der Waals surface area contributed by atoms with Crippen molar-refractivity contribution in [3.8, 4) is 0 Å². The molecule has 0 rings (SSSR count). The van der Waals surface area contributed by atoms with Crippen molar-refractivity contribution in [3.05, 3.63) is 11.8 Å². The Morgan fingerprint density at radius 2 is 2.05 bits per heavy atom. The zero-order chi connectivity index (χ0) is 14.7. The smallest absolute Gasteiger partial charge is 0.267 e. The molecule has 0 aromatic carbocycles. The third-order valence-electron chi connectivity index (χ3n) is 2.39. The molecule has 0 aliphatic heterocycles. The Morgan fingerprint density at radius 1 is 1.37 bits per heavy atom. The quantitative estimate of drug-likeness (QED) is 0.356. The summed E-state index contributed by atoms with van der Waals surface area (Å²) in [6.45, 7) is 4.22. The van der Waals surface area contributed by atoms with Crippen LogP contribution in [0.25, 0.3) is 0 Å². The molecular formula is C13H21N3O3. The number of aldehydes is 2. The molecule has 0 bridgehead atoms. The first-order valence-electron chi connectivity index (χ1n) is 6.17. The van der Waals surface area contributed by atoms with Gasteiger partial charge in [0.15, 0.2) is 0 Å². The first kappa shape index (κ1) is 17.0. The summed E-state index contributed by atoms with van der Waals surface area (Å²) in [4.78, 5) is 37.0. The van der Waals surface area contributed by atoms with E-state index in [0.717, 1.165) is 6.29 Å². The van der Waals surface area contributed by atoms with E-state index in [1.807, 2.05) is 6.92 Å². The number of hydrogen-bond acceptors (Lipinski definition) is 5. The normalized spacial score (nSPS) is 13.6. The van der Waals surface area contributed by atoms with E-state index in [0.29, 0.717) is 30.7 Å². The highest BCUT2D eigenvalue weighted by Gasteiger charge is 2.14. The molecule has 0 saturated carbocycles. The fourth-order valence-electron chi connectivity index (χ4n) is 1.33. The van der Waals surface area contributed by atoms with Crippen molar-refractivity contribution in [2.24, 2.45) is 4.99 Å². The molecule has 2 N–H and O–H groups in total. The SMILES string of the molecule is CCN/C(=C\C(C)=N/C)C(=O)N[C@H](C=O)CCC=O. The lowest BCUT2D eigenvalue weighted by Gasteiger charge is -2.14. The average Bonchev–Trinajstić information content (AvgIpc) is 2.42. The minimum atomic E-state index is -0.654. The zero-order valence-electron chi connectivity index (χ0n) is 11.6. The summed E-state index contributed by atoms with van der Waals surface area (Å²) < 4.78 is 0. The number of aliphatic imine (C=N–C) groups is 1. The van der Waals surface area contributed by atoms with Crippen LogP contribution in [0.3, 0.4) is 0 Å². The standard InChI is InChI=1S/C13H21N3O3/c1-4-15-12(8-10(2)14-3)13(19)16-11(9-18)6-5-7-17/h7-9,11,15H,4-6H2,1-3H3,(H,16,19)/b12-8-,14-10-/t11-/m0/s1. The van der Waals surface area contributed by atoms with E-state index in [1.54, 1.807) is 20.0 Å². The molecule has 0 spiro atoms.